The lowest BCUT2D eigenvalue weighted by atomic mass is 9.84. The van der Waals surface area contributed by atoms with E-state index >= 15 is 0 Å². The van der Waals surface area contributed by atoms with Crippen LogP contribution in [-0.4, -0.2) is 49.8 Å². The van der Waals surface area contributed by atoms with Crippen molar-refractivity contribution in [1.29, 1.82) is 0 Å². The first-order valence-corrected chi connectivity index (χ1v) is 9.77. The van der Waals surface area contributed by atoms with Crippen LogP contribution in [-0.2, 0) is 11.3 Å². The maximum absolute atomic E-state index is 5.51. The highest BCUT2D eigenvalue weighted by molar-refractivity contribution is 5.79. The monoisotopic (exact) mass is 359 g/mol. The minimum absolute atomic E-state index is 0.405. The predicted molar refractivity (Wildman–Crippen MR) is 109 cm³/mol. The minimum Gasteiger partial charge on any atom is -0.378 e. The Morgan fingerprint density at radius 3 is 2.81 bits per heavy atom. The van der Waals surface area contributed by atoms with E-state index in [0.29, 0.717) is 5.92 Å². The molecule has 0 spiro atoms. The Balaban J connectivity index is 1.53. The molecule has 3 aromatic rings. The molecule has 0 bridgehead atoms. The van der Waals surface area contributed by atoms with Gasteiger partial charge >= 0.3 is 0 Å². The van der Waals surface area contributed by atoms with Gasteiger partial charge in [0.2, 0.25) is 0 Å². The number of nitrogens with zero attached hydrogens (tertiary/aromatic N) is 3. The largest absolute Gasteiger partial charge is 0.378 e. The molecule has 0 aliphatic carbocycles. The van der Waals surface area contributed by atoms with Crippen molar-refractivity contribution < 1.29 is 4.74 Å². The number of aromatic nitrogens is 1. The molecule has 2 aliphatic heterocycles. The molecule has 3 heterocycles. The first-order chi connectivity index (χ1) is 13.3. The van der Waals surface area contributed by atoms with Crippen LogP contribution >= 0.6 is 0 Å². The van der Waals surface area contributed by atoms with Crippen molar-refractivity contribution >= 4 is 16.6 Å². The molecule has 5 rings (SSSR count). The molecule has 1 atom stereocenters. The summed E-state index contributed by atoms with van der Waals surface area (Å²) in [5.41, 5.74) is 6.68. The molecule has 4 heteroatoms. The fourth-order valence-corrected chi connectivity index (χ4v) is 4.45. The summed E-state index contributed by atoms with van der Waals surface area (Å²) in [6, 6.07) is 17.9. The zero-order chi connectivity index (χ0) is 18.2. The molecule has 138 valence electrons. The lowest BCUT2D eigenvalue weighted by molar-refractivity contribution is 0.122. The maximum Gasteiger partial charge on any atom is 0.0702 e. The van der Waals surface area contributed by atoms with Crippen LogP contribution in [0.4, 0.5) is 5.69 Å². The molecular weight excluding hydrogens is 334 g/mol. The minimum atomic E-state index is 0.405. The van der Waals surface area contributed by atoms with E-state index in [1.807, 2.05) is 12.3 Å². The Morgan fingerprint density at radius 1 is 1.04 bits per heavy atom. The molecule has 27 heavy (non-hydrogen) atoms. The van der Waals surface area contributed by atoms with Crippen LogP contribution < -0.4 is 4.90 Å². The van der Waals surface area contributed by atoms with Crippen LogP contribution in [0.15, 0.2) is 54.7 Å². The molecule has 0 radical (unpaired) electrons. The number of anilines is 1. The summed E-state index contributed by atoms with van der Waals surface area (Å²) in [6.45, 7) is 5.68. The van der Waals surface area contributed by atoms with Crippen molar-refractivity contribution in [3.63, 3.8) is 0 Å². The number of hydrogen-bond donors (Lipinski definition) is 0. The lowest BCUT2D eigenvalue weighted by Gasteiger charge is -2.35. The third-order valence-electron chi connectivity index (χ3n) is 5.84. The molecule has 1 fully saturated rings. The molecule has 0 amide bonds. The lowest BCUT2D eigenvalue weighted by Crippen LogP contribution is -2.36. The second kappa shape index (κ2) is 6.95. The van der Waals surface area contributed by atoms with Crippen LogP contribution in [0, 0.1) is 0 Å². The van der Waals surface area contributed by atoms with Crippen molar-refractivity contribution in [3.05, 3.63) is 71.4 Å². The highest BCUT2D eigenvalue weighted by Gasteiger charge is 2.26. The van der Waals surface area contributed by atoms with E-state index in [1.165, 1.54) is 27.8 Å². The van der Waals surface area contributed by atoms with Crippen molar-refractivity contribution in [2.24, 2.45) is 0 Å². The second-order valence-electron chi connectivity index (χ2n) is 7.69. The number of fused-ring (bicyclic) bond motifs is 2. The fourth-order valence-electron chi connectivity index (χ4n) is 4.45. The molecule has 0 N–H and O–H groups in total. The SMILES string of the molecule is CN1Cc2cc(N3CCOCC3)ccc2C(c2ccc3ncccc3c2)C1. The first-order valence-electron chi connectivity index (χ1n) is 9.77. The molecular formula is C23H25N3O. The molecule has 1 unspecified atom stereocenters. The predicted octanol–water partition coefficient (Wildman–Crippen LogP) is 3.65. The Kier molecular flexibility index (Phi) is 4.30. The van der Waals surface area contributed by atoms with Crippen molar-refractivity contribution in [3.8, 4) is 0 Å². The van der Waals surface area contributed by atoms with Gasteiger partial charge in [0.05, 0.1) is 18.7 Å². The number of pyridine rings is 1. The van der Waals surface area contributed by atoms with E-state index in [9.17, 15) is 0 Å². The molecule has 2 aromatic carbocycles. The van der Waals surface area contributed by atoms with Crippen LogP contribution in [0.5, 0.6) is 0 Å². The molecule has 4 nitrogen and oxygen atoms in total. The topological polar surface area (TPSA) is 28.6 Å². The fraction of sp³-hybridized carbons (Fsp3) is 0.348. The summed E-state index contributed by atoms with van der Waals surface area (Å²) in [5, 5.41) is 1.22. The van der Waals surface area contributed by atoms with Gasteiger partial charge in [-0.3, -0.25) is 4.98 Å². The van der Waals surface area contributed by atoms with Gasteiger partial charge < -0.3 is 14.5 Å². The summed E-state index contributed by atoms with van der Waals surface area (Å²) >= 11 is 0. The number of hydrogen-bond acceptors (Lipinski definition) is 4. The van der Waals surface area contributed by atoms with E-state index in [1.54, 1.807) is 0 Å². The summed E-state index contributed by atoms with van der Waals surface area (Å²) in [6.07, 6.45) is 1.86. The Labute approximate surface area is 160 Å². The van der Waals surface area contributed by atoms with Crippen molar-refractivity contribution in [1.82, 2.24) is 9.88 Å². The summed E-state index contributed by atoms with van der Waals surface area (Å²) in [7, 11) is 2.22. The van der Waals surface area contributed by atoms with Crippen LogP contribution in [0.3, 0.4) is 0 Å². The maximum atomic E-state index is 5.51. The van der Waals surface area contributed by atoms with Gasteiger partial charge in [-0.1, -0.05) is 18.2 Å². The average molecular weight is 359 g/mol. The number of morpholine rings is 1. The average Bonchev–Trinajstić information content (AvgIpc) is 2.73. The van der Waals surface area contributed by atoms with Gasteiger partial charge in [0.1, 0.15) is 0 Å². The number of ether oxygens (including phenoxy) is 1. The summed E-state index contributed by atoms with van der Waals surface area (Å²) in [4.78, 5) is 9.34. The molecule has 1 saturated heterocycles. The quantitative estimate of drug-likeness (QED) is 0.698. The van der Waals surface area contributed by atoms with Gasteiger partial charge in [0, 0.05) is 49.4 Å². The van der Waals surface area contributed by atoms with E-state index in [-0.39, 0.29) is 0 Å². The smallest absolute Gasteiger partial charge is 0.0702 e. The third-order valence-corrected chi connectivity index (χ3v) is 5.84. The zero-order valence-electron chi connectivity index (χ0n) is 15.8. The van der Waals surface area contributed by atoms with Gasteiger partial charge in [-0.15, -0.1) is 0 Å². The number of likely N-dealkylation sites (N-methyl/N-ethyl adjacent to an activating group) is 1. The Morgan fingerprint density at radius 2 is 1.93 bits per heavy atom. The van der Waals surface area contributed by atoms with Gasteiger partial charge in [-0.05, 0) is 54.1 Å². The summed E-state index contributed by atoms with van der Waals surface area (Å²) in [5.74, 6) is 0.405. The first kappa shape index (κ1) is 16.7. The van der Waals surface area contributed by atoms with Crippen LogP contribution in [0.2, 0.25) is 0 Å². The van der Waals surface area contributed by atoms with Gasteiger partial charge in [-0.25, -0.2) is 0 Å². The van der Waals surface area contributed by atoms with E-state index < -0.39 is 0 Å². The Hall–Kier alpha value is -2.43. The normalized spacial score (nSPS) is 20.6. The molecule has 0 saturated carbocycles. The third kappa shape index (κ3) is 3.20. The van der Waals surface area contributed by atoms with E-state index in [4.69, 9.17) is 4.74 Å². The van der Waals surface area contributed by atoms with Crippen LogP contribution in [0.25, 0.3) is 10.9 Å². The van der Waals surface area contributed by atoms with Crippen molar-refractivity contribution in [2.75, 3.05) is 44.8 Å². The number of rotatable bonds is 2. The Bertz CT molecular complexity index is 965. The van der Waals surface area contributed by atoms with E-state index in [0.717, 1.165) is 44.9 Å². The van der Waals surface area contributed by atoms with Gasteiger partial charge in [-0.2, -0.15) is 0 Å². The van der Waals surface area contributed by atoms with Gasteiger partial charge in [0.15, 0.2) is 0 Å². The second-order valence-corrected chi connectivity index (χ2v) is 7.69. The molecule has 2 aliphatic rings. The molecule has 1 aromatic heterocycles. The van der Waals surface area contributed by atoms with Crippen LogP contribution in [0.1, 0.15) is 22.6 Å². The highest BCUT2D eigenvalue weighted by Crippen LogP contribution is 2.36. The highest BCUT2D eigenvalue weighted by atomic mass is 16.5. The van der Waals surface area contributed by atoms with Gasteiger partial charge in [0.25, 0.3) is 0 Å². The summed E-state index contributed by atoms with van der Waals surface area (Å²) < 4.78 is 5.51. The number of benzene rings is 2. The van der Waals surface area contributed by atoms with Crippen molar-refractivity contribution in [2.45, 2.75) is 12.5 Å². The zero-order valence-corrected chi connectivity index (χ0v) is 15.8. The van der Waals surface area contributed by atoms with E-state index in [2.05, 4.69) is 64.3 Å². The standard InChI is InChI=1S/C23H25N3O/c1-25-15-19-14-20(26-9-11-27-12-10-26)5-6-21(19)22(16-25)17-4-7-23-18(13-17)3-2-8-24-23/h2-8,13-14,22H,9-12,15-16H2,1H3.